The smallest absolute Gasteiger partial charge is 0.320 e. The topological polar surface area (TPSA) is 53.7 Å². The molecule has 110 valence electrons. The van der Waals surface area contributed by atoms with Gasteiger partial charge < -0.3 is 9.52 Å². The molecule has 1 aliphatic rings. The van der Waals surface area contributed by atoms with Crippen LogP contribution < -0.4 is 0 Å². The number of nitrogens with zero attached hydrogens (tertiary/aromatic N) is 1. The lowest BCUT2D eigenvalue weighted by Gasteiger charge is -2.30. The number of likely N-dealkylation sites (tertiary alicyclic amines) is 1. The Hall–Kier alpha value is -1.59. The van der Waals surface area contributed by atoms with Crippen LogP contribution in [0.5, 0.6) is 0 Å². The van der Waals surface area contributed by atoms with E-state index < -0.39 is 12.0 Å². The van der Waals surface area contributed by atoms with E-state index >= 15 is 0 Å². The first-order chi connectivity index (χ1) is 10.2. The molecule has 21 heavy (non-hydrogen) atoms. The monoisotopic (exact) mass is 349 g/mol. The first-order valence-electron chi connectivity index (χ1n) is 6.94. The molecule has 4 nitrogen and oxygen atoms in total. The van der Waals surface area contributed by atoms with Gasteiger partial charge in [0.25, 0.3) is 0 Å². The zero-order chi connectivity index (χ0) is 14.8. The predicted octanol–water partition coefficient (Wildman–Crippen LogP) is 3.68. The largest absolute Gasteiger partial charge is 0.480 e. The van der Waals surface area contributed by atoms with Gasteiger partial charge in [-0.25, -0.2) is 0 Å². The van der Waals surface area contributed by atoms with E-state index in [-0.39, 0.29) is 6.04 Å². The summed E-state index contributed by atoms with van der Waals surface area (Å²) in [7, 11) is 0. The van der Waals surface area contributed by atoms with Gasteiger partial charge in [-0.15, -0.1) is 0 Å². The summed E-state index contributed by atoms with van der Waals surface area (Å²) >= 11 is 3.43. The van der Waals surface area contributed by atoms with Crippen LogP contribution >= 0.6 is 15.9 Å². The molecule has 2 heterocycles. The molecule has 0 saturated carbocycles. The van der Waals surface area contributed by atoms with Crippen molar-refractivity contribution in [3.8, 4) is 0 Å². The summed E-state index contributed by atoms with van der Waals surface area (Å²) in [5, 5.41) is 9.44. The second kappa shape index (κ2) is 6.03. The first kappa shape index (κ1) is 14.4. The Bertz CT molecular complexity index is 609. The molecule has 1 saturated heterocycles. The Morgan fingerprint density at radius 3 is 2.71 bits per heavy atom. The van der Waals surface area contributed by atoms with Crippen LogP contribution in [0.2, 0.25) is 0 Å². The Kier molecular flexibility index (Phi) is 4.12. The summed E-state index contributed by atoms with van der Waals surface area (Å²) in [6.07, 6.45) is 3.21. The third-order valence-electron chi connectivity index (χ3n) is 3.91. The molecular formula is C16H16BrNO3. The van der Waals surface area contributed by atoms with Gasteiger partial charge in [-0.3, -0.25) is 9.69 Å². The standard InChI is InChI=1S/C16H16BrNO3/c17-12-7-5-11(6-8-12)15(14-4-2-10-21-14)18-9-1-3-13(18)16(19)20/h2,4-8,10,13,15H,1,3,9H2,(H,19,20). The molecule has 5 heteroatoms. The number of carbonyl (C=O) groups is 1. The van der Waals surface area contributed by atoms with E-state index in [9.17, 15) is 9.90 Å². The highest BCUT2D eigenvalue weighted by Gasteiger charge is 2.37. The van der Waals surface area contributed by atoms with Gasteiger partial charge >= 0.3 is 5.97 Å². The number of furan rings is 1. The Labute approximate surface area is 131 Å². The summed E-state index contributed by atoms with van der Waals surface area (Å²) in [6.45, 7) is 0.762. The van der Waals surface area contributed by atoms with Crippen LogP contribution in [0.3, 0.4) is 0 Å². The van der Waals surface area contributed by atoms with Crippen LogP contribution in [0.4, 0.5) is 0 Å². The van der Waals surface area contributed by atoms with E-state index in [0.29, 0.717) is 6.42 Å². The van der Waals surface area contributed by atoms with Crippen LogP contribution in [-0.2, 0) is 4.79 Å². The average Bonchev–Trinajstić information content (AvgIpc) is 3.13. The average molecular weight is 350 g/mol. The molecule has 3 rings (SSSR count). The second-order valence-corrected chi connectivity index (χ2v) is 6.12. The summed E-state index contributed by atoms with van der Waals surface area (Å²) in [5.74, 6) is 0.0200. The molecule has 0 spiro atoms. The second-order valence-electron chi connectivity index (χ2n) is 5.20. The van der Waals surface area contributed by atoms with Gasteiger partial charge in [0.1, 0.15) is 11.8 Å². The third-order valence-corrected chi connectivity index (χ3v) is 4.44. The highest BCUT2D eigenvalue weighted by atomic mass is 79.9. The van der Waals surface area contributed by atoms with E-state index in [1.54, 1.807) is 6.26 Å². The molecule has 2 unspecified atom stereocenters. The zero-order valence-corrected chi connectivity index (χ0v) is 13.0. The minimum absolute atomic E-state index is 0.156. The molecule has 0 bridgehead atoms. The van der Waals surface area contributed by atoms with Crippen molar-refractivity contribution in [1.82, 2.24) is 4.90 Å². The maximum Gasteiger partial charge on any atom is 0.320 e. The molecule has 1 aliphatic heterocycles. The van der Waals surface area contributed by atoms with Gasteiger partial charge in [0.15, 0.2) is 0 Å². The minimum Gasteiger partial charge on any atom is -0.480 e. The molecule has 0 aliphatic carbocycles. The molecule has 1 N–H and O–H groups in total. The summed E-state index contributed by atoms with van der Waals surface area (Å²) in [4.78, 5) is 13.5. The van der Waals surface area contributed by atoms with Crippen LogP contribution in [-0.4, -0.2) is 28.6 Å². The fourth-order valence-corrected chi connectivity index (χ4v) is 3.24. The lowest BCUT2D eigenvalue weighted by atomic mass is 10.0. The number of hydrogen-bond acceptors (Lipinski definition) is 3. The van der Waals surface area contributed by atoms with E-state index in [1.807, 2.05) is 41.3 Å². The predicted molar refractivity (Wildman–Crippen MR) is 82.1 cm³/mol. The Balaban J connectivity index is 2.00. The van der Waals surface area contributed by atoms with Crippen molar-refractivity contribution < 1.29 is 14.3 Å². The molecule has 2 atom stereocenters. The van der Waals surface area contributed by atoms with Crippen molar-refractivity contribution in [1.29, 1.82) is 0 Å². The minimum atomic E-state index is -0.763. The van der Waals surface area contributed by atoms with E-state index in [1.165, 1.54) is 0 Å². The number of rotatable bonds is 4. The van der Waals surface area contributed by atoms with Crippen LogP contribution in [0.15, 0.2) is 51.6 Å². The van der Waals surface area contributed by atoms with Crippen molar-refractivity contribution in [3.05, 3.63) is 58.5 Å². The van der Waals surface area contributed by atoms with Crippen molar-refractivity contribution in [2.24, 2.45) is 0 Å². The number of carboxylic acid groups (broad SMARTS) is 1. The van der Waals surface area contributed by atoms with Crippen LogP contribution in [0, 0.1) is 0 Å². The van der Waals surface area contributed by atoms with E-state index in [0.717, 1.165) is 28.8 Å². The number of halogens is 1. The van der Waals surface area contributed by atoms with E-state index in [4.69, 9.17) is 4.42 Å². The number of aliphatic carboxylic acids is 1. The Morgan fingerprint density at radius 2 is 2.10 bits per heavy atom. The normalized spacial score (nSPS) is 20.5. The summed E-state index contributed by atoms with van der Waals surface area (Å²) in [6, 6.07) is 11.1. The van der Waals surface area contributed by atoms with Crippen LogP contribution in [0.1, 0.15) is 30.2 Å². The molecule has 1 fully saturated rings. The highest BCUT2D eigenvalue weighted by molar-refractivity contribution is 9.10. The molecular weight excluding hydrogens is 334 g/mol. The SMILES string of the molecule is O=C(O)C1CCCN1C(c1ccc(Br)cc1)c1ccco1. The Morgan fingerprint density at radius 1 is 1.33 bits per heavy atom. The van der Waals surface area contributed by atoms with Gasteiger partial charge in [-0.2, -0.15) is 0 Å². The number of hydrogen-bond donors (Lipinski definition) is 1. The van der Waals surface area contributed by atoms with Gasteiger partial charge in [0.2, 0.25) is 0 Å². The fraction of sp³-hybridized carbons (Fsp3) is 0.312. The third kappa shape index (κ3) is 2.89. The highest BCUT2D eigenvalue weighted by Crippen LogP contribution is 2.35. The molecule has 1 aromatic heterocycles. The summed E-state index contributed by atoms with van der Waals surface area (Å²) < 4.78 is 6.58. The van der Waals surface area contributed by atoms with Gasteiger partial charge in [-0.1, -0.05) is 28.1 Å². The van der Waals surface area contributed by atoms with Crippen molar-refractivity contribution in [2.45, 2.75) is 24.9 Å². The molecule has 0 radical (unpaired) electrons. The van der Waals surface area contributed by atoms with Crippen molar-refractivity contribution in [2.75, 3.05) is 6.54 Å². The first-order valence-corrected chi connectivity index (χ1v) is 7.73. The zero-order valence-electron chi connectivity index (χ0n) is 11.4. The lowest BCUT2D eigenvalue weighted by Crippen LogP contribution is -2.39. The van der Waals surface area contributed by atoms with E-state index in [2.05, 4.69) is 15.9 Å². The van der Waals surface area contributed by atoms with Gasteiger partial charge in [0.05, 0.1) is 12.3 Å². The molecule has 2 aromatic rings. The molecule has 1 aromatic carbocycles. The van der Waals surface area contributed by atoms with Crippen molar-refractivity contribution >= 4 is 21.9 Å². The maximum atomic E-state index is 11.5. The van der Waals surface area contributed by atoms with Gasteiger partial charge in [-0.05, 0) is 42.7 Å². The molecule has 0 amide bonds. The quantitative estimate of drug-likeness (QED) is 0.914. The lowest BCUT2D eigenvalue weighted by molar-refractivity contribution is -0.142. The number of carboxylic acids is 1. The van der Waals surface area contributed by atoms with Gasteiger partial charge in [0, 0.05) is 11.0 Å². The summed E-state index contributed by atoms with van der Waals surface area (Å²) in [5.41, 5.74) is 1.04. The fourth-order valence-electron chi connectivity index (χ4n) is 2.97. The van der Waals surface area contributed by atoms with Crippen LogP contribution in [0.25, 0.3) is 0 Å². The number of benzene rings is 1. The van der Waals surface area contributed by atoms with Crippen molar-refractivity contribution in [3.63, 3.8) is 0 Å². The maximum absolute atomic E-state index is 11.5.